The predicted octanol–water partition coefficient (Wildman–Crippen LogP) is 3.29. The number of methoxy groups -OCH3 is 1. The van der Waals surface area contributed by atoms with Crippen molar-refractivity contribution in [3.8, 4) is 16.9 Å². The van der Waals surface area contributed by atoms with Crippen molar-refractivity contribution in [1.29, 1.82) is 0 Å². The lowest BCUT2D eigenvalue weighted by molar-refractivity contribution is -0.114. The van der Waals surface area contributed by atoms with Crippen LogP contribution in [0.3, 0.4) is 0 Å². The molecule has 9 heteroatoms. The second kappa shape index (κ2) is 8.98. The van der Waals surface area contributed by atoms with Gasteiger partial charge in [0, 0.05) is 49.4 Å². The van der Waals surface area contributed by atoms with Gasteiger partial charge in [-0.15, -0.1) is 0 Å². The van der Waals surface area contributed by atoms with E-state index in [2.05, 4.69) is 5.32 Å². The summed E-state index contributed by atoms with van der Waals surface area (Å²) in [5.41, 5.74) is 2.84. The van der Waals surface area contributed by atoms with Crippen LogP contribution in [0.5, 0.6) is 5.75 Å². The number of carbonyl (C=O) groups excluding carboxylic acids is 1. The average molecular weight is 494 g/mol. The largest absolute Gasteiger partial charge is 0.497 e. The number of fused-ring (bicyclic) bond motifs is 4. The summed E-state index contributed by atoms with van der Waals surface area (Å²) in [6.45, 7) is 2.66. The summed E-state index contributed by atoms with van der Waals surface area (Å²) < 4.78 is 35.1. The molecule has 0 aliphatic carbocycles. The summed E-state index contributed by atoms with van der Waals surface area (Å²) in [7, 11) is -2.10. The highest BCUT2D eigenvalue weighted by atomic mass is 32.2. The van der Waals surface area contributed by atoms with E-state index >= 15 is 0 Å². The van der Waals surface area contributed by atoms with Gasteiger partial charge in [0.15, 0.2) is 0 Å². The molecule has 2 atom stereocenters. The van der Waals surface area contributed by atoms with Crippen LogP contribution in [-0.4, -0.2) is 43.4 Å². The van der Waals surface area contributed by atoms with Crippen LogP contribution in [0.25, 0.3) is 11.1 Å². The molecule has 2 bridgehead atoms. The van der Waals surface area contributed by atoms with E-state index in [1.165, 1.54) is 6.92 Å². The molecule has 1 amide bonds. The standard InChI is InChI=1S/C26H27N3O5S/c1-17(30)27-21-5-3-19(4-6-21)24-11-12-25-20-13-18(15-29(25)26(24)31)14-28(16-20)35(32,33)23-9-7-22(34-2)8-10-23/h3-12,18,20H,13-16H2,1-2H3,(H,27,30)/t18-,20+/m0/s1. The number of hydrogen-bond acceptors (Lipinski definition) is 5. The Labute approximate surface area is 204 Å². The quantitative estimate of drug-likeness (QED) is 0.588. The van der Waals surface area contributed by atoms with Gasteiger partial charge in [0.25, 0.3) is 5.56 Å². The summed E-state index contributed by atoms with van der Waals surface area (Å²) in [5, 5.41) is 2.73. The van der Waals surface area contributed by atoms with E-state index < -0.39 is 10.0 Å². The Kier molecular flexibility index (Phi) is 5.98. The van der Waals surface area contributed by atoms with Gasteiger partial charge in [0.2, 0.25) is 15.9 Å². The van der Waals surface area contributed by atoms with Crippen LogP contribution in [-0.2, 0) is 21.4 Å². The minimum atomic E-state index is -3.65. The van der Waals surface area contributed by atoms with Crippen LogP contribution < -0.4 is 15.6 Å². The number of amides is 1. The van der Waals surface area contributed by atoms with E-state index in [1.807, 2.05) is 28.8 Å². The third-order valence-corrected chi connectivity index (χ3v) is 8.63. The van der Waals surface area contributed by atoms with Gasteiger partial charge < -0.3 is 14.6 Å². The second-order valence-corrected chi connectivity index (χ2v) is 11.1. The first-order valence-electron chi connectivity index (χ1n) is 11.5. The Balaban J connectivity index is 1.42. The van der Waals surface area contributed by atoms with Crippen molar-refractivity contribution in [2.45, 2.75) is 30.7 Å². The minimum absolute atomic E-state index is 0.0422. The molecule has 1 aromatic heterocycles. The molecule has 0 saturated carbocycles. The van der Waals surface area contributed by atoms with Crippen LogP contribution in [0.15, 0.2) is 70.4 Å². The van der Waals surface area contributed by atoms with Gasteiger partial charge in [-0.1, -0.05) is 12.1 Å². The molecule has 35 heavy (non-hydrogen) atoms. The minimum Gasteiger partial charge on any atom is -0.497 e. The zero-order valence-electron chi connectivity index (χ0n) is 19.6. The maximum Gasteiger partial charge on any atom is 0.258 e. The molecule has 0 unspecified atom stereocenters. The van der Waals surface area contributed by atoms with Crippen LogP contribution in [0.1, 0.15) is 25.0 Å². The number of nitrogens with zero attached hydrogens (tertiary/aromatic N) is 2. The number of benzene rings is 2. The number of nitrogens with one attached hydrogen (secondary N) is 1. The van der Waals surface area contributed by atoms with E-state index in [0.717, 1.165) is 17.7 Å². The van der Waals surface area contributed by atoms with Gasteiger partial charge in [0.05, 0.1) is 12.0 Å². The van der Waals surface area contributed by atoms with E-state index in [0.29, 0.717) is 36.6 Å². The van der Waals surface area contributed by atoms with Crippen LogP contribution in [0.2, 0.25) is 0 Å². The Hall–Kier alpha value is -3.43. The maximum absolute atomic E-state index is 13.4. The van der Waals surface area contributed by atoms with Crippen molar-refractivity contribution in [2.24, 2.45) is 5.92 Å². The third kappa shape index (κ3) is 4.37. The number of aromatic nitrogens is 1. The lowest BCUT2D eigenvalue weighted by Crippen LogP contribution is -2.49. The Bertz CT molecular complexity index is 1430. The van der Waals surface area contributed by atoms with E-state index in [1.54, 1.807) is 47.8 Å². The van der Waals surface area contributed by atoms with Crippen LogP contribution in [0.4, 0.5) is 5.69 Å². The summed E-state index contributed by atoms with van der Waals surface area (Å²) in [6.07, 6.45) is 0.860. The predicted molar refractivity (Wildman–Crippen MR) is 133 cm³/mol. The maximum atomic E-state index is 13.4. The summed E-state index contributed by atoms with van der Waals surface area (Å²) in [5.74, 6) is 0.471. The Morgan fingerprint density at radius 2 is 1.69 bits per heavy atom. The molecule has 8 nitrogen and oxygen atoms in total. The zero-order valence-corrected chi connectivity index (χ0v) is 20.4. The molecule has 1 N–H and O–H groups in total. The first kappa shape index (κ1) is 23.3. The van der Waals surface area contributed by atoms with Crippen molar-refractivity contribution in [1.82, 2.24) is 8.87 Å². The number of anilines is 1. The van der Waals surface area contributed by atoms with Gasteiger partial charge in [-0.3, -0.25) is 9.59 Å². The molecule has 0 radical (unpaired) electrons. The van der Waals surface area contributed by atoms with Crippen molar-refractivity contribution in [2.75, 3.05) is 25.5 Å². The first-order valence-corrected chi connectivity index (χ1v) is 13.0. The normalized spacial score (nSPS) is 19.6. The number of ether oxygens (including phenoxy) is 1. The van der Waals surface area contributed by atoms with Gasteiger partial charge in [0.1, 0.15) is 5.75 Å². The molecule has 2 aliphatic rings. The van der Waals surface area contributed by atoms with Crippen molar-refractivity contribution < 1.29 is 17.9 Å². The van der Waals surface area contributed by atoms with Gasteiger partial charge >= 0.3 is 0 Å². The number of rotatable bonds is 5. The highest BCUT2D eigenvalue weighted by Gasteiger charge is 2.39. The molecule has 3 heterocycles. The number of carbonyl (C=O) groups is 1. The second-order valence-electron chi connectivity index (χ2n) is 9.14. The van der Waals surface area contributed by atoms with E-state index in [4.69, 9.17) is 4.74 Å². The molecule has 3 aromatic rings. The molecule has 5 rings (SSSR count). The van der Waals surface area contributed by atoms with E-state index in [9.17, 15) is 18.0 Å². The number of piperidine rings is 1. The molecular weight excluding hydrogens is 466 g/mol. The van der Waals surface area contributed by atoms with Gasteiger partial charge in [-0.2, -0.15) is 4.31 Å². The monoisotopic (exact) mass is 493 g/mol. The fourth-order valence-electron chi connectivity index (χ4n) is 5.15. The van der Waals surface area contributed by atoms with E-state index in [-0.39, 0.29) is 28.2 Å². The first-order chi connectivity index (χ1) is 16.8. The summed E-state index contributed by atoms with van der Waals surface area (Å²) in [6, 6.07) is 17.4. The van der Waals surface area contributed by atoms with Crippen molar-refractivity contribution in [3.05, 3.63) is 76.7 Å². The molecule has 1 saturated heterocycles. The Morgan fingerprint density at radius 1 is 0.971 bits per heavy atom. The van der Waals surface area contributed by atoms with Crippen LogP contribution >= 0.6 is 0 Å². The molecule has 1 fully saturated rings. The lowest BCUT2D eigenvalue weighted by atomic mass is 9.84. The van der Waals surface area contributed by atoms with Crippen LogP contribution in [0, 0.1) is 5.92 Å². The molecule has 182 valence electrons. The molecule has 2 aromatic carbocycles. The third-order valence-electron chi connectivity index (χ3n) is 6.78. The SMILES string of the molecule is COc1ccc(S(=O)(=O)N2C[C@@H]3C[C@H](C2)c2ccc(-c4ccc(NC(C)=O)cc4)c(=O)n2C3)cc1. The summed E-state index contributed by atoms with van der Waals surface area (Å²) in [4.78, 5) is 24.9. The van der Waals surface area contributed by atoms with Gasteiger partial charge in [-0.05, 0) is 66.4 Å². The number of sulfonamides is 1. The van der Waals surface area contributed by atoms with Crippen molar-refractivity contribution >= 4 is 21.6 Å². The van der Waals surface area contributed by atoms with Crippen molar-refractivity contribution in [3.63, 3.8) is 0 Å². The topological polar surface area (TPSA) is 97.7 Å². The van der Waals surface area contributed by atoms with Gasteiger partial charge in [-0.25, -0.2) is 8.42 Å². The number of hydrogen-bond donors (Lipinski definition) is 1. The highest BCUT2D eigenvalue weighted by Crippen LogP contribution is 2.38. The zero-order chi connectivity index (χ0) is 24.7. The lowest BCUT2D eigenvalue weighted by Gasteiger charge is -2.42. The fourth-order valence-corrected chi connectivity index (χ4v) is 6.71. The fraction of sp³-hybridized carbons (Fsp3) is 0.308. The molecule has 0 spiro atoms. The smallest absolute Gasteiger partial charge is 0.258 e. The highest BCUT2D eigenvalue weighted by molar-refractivity contribution is 7.89. The summed E-state index contributed by atoms with van der Waals surface area (Å²) >= 11 is 0. The Morgan fingerprint density at radius 3 is 2.34 bits per heavy atom. The number of pyridine rings is 1. The average Bonchev–Trinajstić information content (AvgIpc) is 2.85. The molecular formula is C26H27N3O5S. The molecule has 2 aliphatic heterocycles.